The number of anilines is 1. The number of rotatable bonds is 3. The van der Waals surface area contributed by atoms with Crippen molar-refractivity contribution in [1.29, 1.82) is 0 Å². The molecule has 1 aromatic carbocycles. The zero-order valence-electron chi connectivity index (χ0n) is 8.01. The van der Waals surface area contributed by atoms with Gasteiger partial charge in [0.1, 0.15) is 5.75 Å². The standard InChI is InChI=1S/C11H12ClNO/c1-2-3-4-7-14-9-5-6-11(13)10(12)8-9/h5-6,8H,4,7,13H2,1H3. The number of ether oxygens (including phenoxy) is 1. The van der Waals surface area contributed by atoms with Crippen molar-refractivity contribution in [3.05, 3.63) is 23.2 Å². The second-order valence-electron chi connectivity index (χ2n) is 2.71. The van der Waals surface area contributed by atoms with Crippen LogP contribution in [0.15, 0.2) is 18.2 Å². The highest BCUT2D eigenvalue weighted by atomic mass is 35.5. The van der Waals surface area contributed by atoms with Gasteiger partial charge < -0.3 is 10.5 Å². The number of hydrogen-bond acceptors (Lipinski definition) is 2. The van der Waals surface area contributed by atoms with Crippen LogP contribution in [0.4, 0.5) is 5.69 Å². The summed E-state index contributed by atoms with van der Waals surface area (Å²) < 4.78 is 5.40. The fraction of sp³-hybridized carbons (Fsp3) is 0.273. The van der Waals surface area contributed by atoms with Gasteiger partial charge in [-0.05, 0) is 19.1 Å². The molecule has 0 aliphatic heterocycles. The third-order valence-electron chi connectivity index (χ3n) is 1.64. The second kappa shape index (κ2) is 5.41. The van der Waals surface area contributed by atoms with E-state index in [1.807, 2.05) is 0 Å². The molecule has 0 unspecified atom stereocenters. The highest BCUT2D eigenvalue weighted by molar-refractivity contribution is 6.33. The third-order valence-corrected chi connectivity index (χ3v) is 1.97. The largest absolute Gasteiger partial charge is 0.493 e. The van der Waals surface area contributed by atoms with E-state index in [9.17, 15) is 0 Å². The predicted octanol–water partition coefficient (Wildman–Crippen LogP) is 2.71. The molecule has 2 N–H and O–H groups in total. The van der Waals surface area contributed by atoms with Gasteiger partial charge in [-0.15, -0.1) is 11.8 Å². The van der Waals surface area contributed by atoms with Gasteiger partial charge in [-0.2, -0.15) is 0 Å². The average Bonchev–Trinajstić information content (AvgIpc) is 2.18. The second-order valence-corrected chi connectivity index (χ2v) is 3.12. The van der Waals surface area contributed by atoms with Gasteiger partial charge in [-0.3, -0.25) is 0 Å². The number of nitrogens with two attached hydrogens (primary N) is 1. The van der Waals surface area contributed by atoms with E-state index in [-0.39, 0.29) is 0 Å². The Bertz CT molecular complexity index is 365. The van der Waals surface area contributed by atoms with Crippen molar-refractivity contribution in [1.82, 2.24) is 0 Å². The van der Waals surface area contributed by atoms with E-state index in [0.29, 0.717) is 17.3 Å². The van der Waals surface area contributed by atoms with Crippen LogP contribution in [0.25, 0.3) is 0 Å². The van der Waals surface area contributed by atoms with Crippen molar-refractivity contribution in [2.45, 2.75) is 13.3 Å². The van der Waals surface area contributed by atoms with Gasteiger partial charge >= 0.3 is 0 Å². The Morgan fingerprint density at radius 1 is 1.50 bits per heavy atom. The molecule has 2 nitrogen and oxygen atoms in total. The number of nitrogen functional groups attached to an aromatic ring is 1. The molecule has 0 amide bonds. The minimum absolute atomic E-state index is 0.518. The lowest BCUT2D eigenvalue weighted by molar-refractivity contribution is 0.327. The normalized spacial score (nSPS) is 9.00. The number of hydrogen-bond donors (Lipinski definition) is 1. The van der Waals surface area contributed by atoms with Crippen molar-refractivity contribution in [3.63, 3.8) is 0 Å². The molecule has 0 bridgehead atoms. The molecular formula is C11H12ClNO. The highest BCUT2D eigenvalue weighted by Crippen LogP contribution is 2.23. The number of benzene rings is 1. The van der Waals surface area contributed by atoms with E-state index in [4.69, 9.17) is 22.1 Å². The van der Waals surface area contributed by atoms with Gasteiger partial charge in [0, 0.05) is 12.5 Å². The zero-order valence-corrected chi connectivity index (χ0v) is 8.77. The summed E-state index contributed by atoms with van der Waals surface area (Å²) in [7, 11) is 0. The van der Waals surface area contributed by atoms with E-state index in [1.165, 1.54) is 0 Å². The monoisotopic (exact) mass is 209 g/mol. The van der Waals surface area contributed by atoms with Crippen LogP contribution in [-0.2, 0) is 0 Å². The minimum atomic E-state index is 0.518. The summed E-state index contributed by atoms with van der Waals surface area (Å²) in [6, 6.07) is 5.22. The zero-order chi connectivity index (χ0) is 10.4. The van der Waals surface area contributed by atoms with Gasteiger partial charge in [-0.25, -0.2) is 0 Å². The lowest BCUT2D eigenvalue weighted by Gasteiger charge is -2.05. The molecule has 0 aromatic heterocycles. The van der Waals surface area contributed by atoms with Crippen molar-refractivity contribution in [2.75, 3.05) is 12.3 Å². The summed E-state index contributed by atoms with van der Waals surface area (Å²) in [5.41, 5.74) is 6.12. The molecule has 74 valence electrons. The van der Waals surface area contributed by atoms with Crippen LogP contribution in [-0.4, -0.2) is 6.61 Å². The molecule has 3 heteroatoms. The molecular weight excluding hydrogens is 198 g/mol. The fourth-order valence-corrected chi connectivity index (χ4v) is 1.11. The molecule has 0 radical (unpaired) electrons. The van der Waals surface area contributed by atoms with E-state index < -0.39 is 0 Å². The van der Waals surface area contributed by atoms with Gasteiger partial charge in [0.15, 0.2) is 0 Å². The van der Waals surface area contributed by atoms with Crippen molar-refractivity contribution in [2.24, 2.45) is 0 Å². The van der Waals surface area contributed by atoms with Gasteiger partial charge in [0.25, 0.3) is 0 Å². The Labute approximate surface area is 89.0 Å². The summed E-state index contributed by atoms with van der Waals surface area (Å²) in [6.07, 6.45) is 0.721. The Morgan fingerprint density at radius 3 is 2.93 bits per heavy atom. The Balaban J connectivity index is 2.50. The lowest BCUT2D eigenvalue weighted by atomic mass is 10.3. The molecule has 14 heavy (non-hydrogen) atoms. The van der Waals surface area contributed by atoms with Crippen LogP contribution in [0, 0.1) is 11.8 Å². The lowest BCUT2D eigenvalue weighted by Crippen LogP contribution is -1.96. The topological polar surface area (TPSA) is 35.2 Å². The first-order valence-corrected chi connectivity index (χ1v) is 4.69. The molecule has 0 heterocycles. The molecule has 0 saturated heterocycles. The fourth-order valence-electron chi connectivity index (χ4n) is 0.943. The van der Waals surface area contributed by atoms with Crippen LogP contribution in [0.5, 0.6) is 5.75 Å². The summed E-state index contributed by atoms with van der Waals surface area (Å²) in [5, 5.41) is 0.518. The maximum absolute atomic E-state index is 5.82. The quantitative estimate of drug-likeness (QED) is 0.472. The van der Waals surface area contributed by atoms with E-state index in [1.54, 1.807) is 25.1 Å². The molecule has 1 rings (SSSR count). The van der Waals surface area contributed by atoms with Crippen LogP contribution in [0.2, 0.25) is 5.02 Å². The Hall–Kier alpha value is -1.33. The van der Waals surface area contributed by atoms with E-state index in [2.05, 4.69) is 11.8 Å². The molecule has 0 aliphatic carbocycles. The summed E-state index contributed by atoms with van der Waals surface area (Å²) >= 11 is 5.82. The SMILES string of the molecule is CC#CCCOc1ccc(N)c(Cl)c1. The molecule has 1 aromatic rings. The van der Waals surface area contributed by atoms with Crippen molar-refractivity contribution < 1.29 is 4.74 Å². The first kappa shape index (κ1) is 10.7. The van der Waals surface area contributed by atoms with Gasteiger partial charge in [-0.1, -0.05) is 11.6 Å². The maximum Gasteiger partial charge on any atom is 0.120 e. The van der Waals surface area contributed by atoms with E-state index >= 15 is 0 Å². The minimum Gasteiger partial charge on any atom is -0.493 e. The van der Waals surface area contributed by atoms with Gasteiger partial charge in [0.05, 0.1) is 17.3 Å². The van der Waals surface area contributed by atoms with Crippen LogP contribution in [0.1, 0.15) is 13.3 Å². The van der Waals surface area contributed by atoms with Crippen LogP contribution < -0.4 is 10.5 Å². The molecule has 0 fully saturated rings. The first-order valence-electron chi connectivity index (χ1n) is 4.31. The van der Waals surface area contributed by atoms with Crippen LogP contribution >= 0.6 is 11.6 Å². The number of halogens is 1. The smallest absolute Gasteiger partial charge is 0.120 e. The molecule has 0 saturated carbocycles. The molecule has 0 atom stereocenters. The summed E-state index contributed by atoms with van der Waals surface area (Å²) in [4.78, 5) is 0. The van der Waals surface area contributed by atoms with E-state index in [0.717, 1.165) is 12.2 Å². The Morgan fingerprint density at radius 2 is 2.29 bits per heavy atom. The first-order chi connectivity index (χ1) is 6.74. The third kappa shape index (κ3) is 3.20. The molecule has 0 spiro atoms. The summed E-state index contributed by atoms with van der Waals surface area (Å²) in [5.74, 6) is 6.43. The maximum atomic E-state index is 5.82. The van der Waals surface area contributed by atoms with Crippen molar-refractivity contribution in [3.8, 4) is 17.6 Å². The average molecular weight is 210 g/mol. The van der Waals surface area contributed by atoms with Crippen molar-refractivity contribution >= 4 is 17.3 Å². The predicted molar refractivity (Wildman–Crippen MR) is 59.4 cm³/mol. The Kier molecular flexibility index (Phi) is 4.15. The highest BCUT2D eigenvalue weighted by Gasteiger charge is 1.98. The van der Waals surface area contributed by atoms with Crippen LogP contribution in [0.3, 0.4) is 0 Å². The summed E-state index contributed by atoms with van der Waals surface area (Å²) in [6.45, 7) is 2.38. The van der Waals surface area contributed by atoms with Gasteiger partial charge in [0.2, 0.25) is 0 Å². The molecule has 0 aliphatic rings.